The zero-order chi connectivity index (χ0) is 16.0. The summed E-state index contributed by atoms with van der Waals surface area (Å²) in [6, 6.07) is 0. The first kappa shape index (κ1) is 22.2. The summed E-state index contributed by atoms with van der Waals surface area (Å²) in [5.41, 5.74) is 0. The number of aliphatic imine (C=N–C) groups is 1. The molecule has 1 aromatic heterocycles. The molecular weight excluding hydrogens is 405 g/mol. The largest absolute Gasteiger partial charge is 0.382 e. The molecule has 0 atom stereocenters. The monoisotopic (exact) mass is 437 g/mol. The Hall–Kier alpha value is -0.830. The summed E-state index contributed by atoms with van der Waals surface area (Å²) in [5, 5.41) is 6.65. The molecule has 0 saturated carbocycles. The van der Waals surface area contributed by atoms with Crippen LogP contribution in [0.25, 0.3) is 0 Å². The van der Waals surface area contributed by atoms with Crippen LogP contribution in [0.3, 0.4) is 0 Å². The average Bonchev–Trinajstić information content (AvgIpc) is 2.92. The Kier molecular flexibility index (Phi) is 14.2. The molecule has 0 radical (unpaired) electrons. The van der Waals surface area contributed by atoms with Gasteiger partial charge in [-0.1, -0.05) is 0 Å². The van der Waals surface area contributed by atoms with Gasteiger partial charge in [-0.25, -0.2) is 4.98 Å². The van der Waals surface area contributed by atoms with Crippen LogP contribution in [-0.4, -0.2) is 48.4 Å². The Bertz CT molecular complexity index is 422. The summed E-state index contributed by atoms with van der Waals surface area (Å²) < 4.78 is 7.50. The van der Waals surface area contributed by atoms with Crippen molar-refractivity contribution in [3.05, 3.63) is 18.2 Å². The fraction of sp³-hybridized carbons (Fsp3) is 0.750. The van der Waals surface area contributed by atoms with Gasteiger partial charge in [0, 0.05) is 51.8 Å². The first-order valence-corrected chi connectivity index (χ1v) is 8.35. The predicted molar refractivity (Wildman–Crippen MR) is 107 cm³/mol. The van der Waals surface area contributed by atoms with Crippen molar-refractivity contribution < 1.29 is 4.74 Å². The van der Waals surface area contributed by atoms with Crippen LogP contribution in [0.2, 0.25) is 0 Å². The maximum atomic E-state index is 5.32. The Morgan fingerprint density at radius 3 is 2.74 bits per heavy atom. The van der Waals surface area contributed by atoms with Crippen molar-refractivity contribution in [3.8, 4) is 0 Å². The lowest BCUT2D eigenvalue weighted by Crippen LogP contribution is -2.38. The van der Waals surface area contributed by atoms with Crippen LogP contribution in [0, 0.1) is 6.92 Å². The zero-order valence-corrected chi connectivity index (χ0v) is 17.0. The van der Waals surface area contributed by atoms with E-state index in [1.165, 1.54) is 0 Å². The minimum Gasteiger partial charge on any atom is -0.382 e. The van der Waals surface area contributed by atoms with E-state index in [0.29, 0.717) is 0 Å². The summed E-state index contributed by atoms with van der Waals surface area (Å²) >= 11 is 0. The molecule has 0 aliphatic heterocycles. The number of guanidine groups is 1. The highest BCUT2D eigenvalue weighted by molar-refractivity contribution is 14.0. The van der Waals surface area contributed by atoms with Crippen LogP contribution in [0.5, 0.6) is 0 Å². The molecule has 0 saturated heterocycles. The van der Waals surface area contributed by atoms with Crippen LogP contribution in [0.15, 0.2) is 17.4 Å². The van der Waals surface area contributed by atoms with Gasteiger partial charge in [0.25, 0.3) is 0 Å². The fourth-order valence-electron chi connectivity index (χ4n) is 2.10. The summed E-state index contributed by atoms with van der Waals surface area (Å²) in [7, 11) is 0. The van der Waals surface area contributed by atoms with E-state index in [-0.39, 0.29) is 24.0 Å². The van der Waals surface area contributed by atoms with E-state index in [2.05, 4.69) is 32.1 Å². The summed E-state index contributed by atoms with van der Waals surface area (Å²) in [6.45, 7) is 11.3. The highest BCUT2D eigenvalue weighted by atomic mass is 127. The molecule has 134 valence electrons. The topological polar surface area (TPSA) is 63.5 Å². The molecule has 7 heteroatoms. The van der Waals surface area contributed by atoms with Crippen molar-refractivity contribution >= 4 is 29.9 Å². The van der Waals surface area contributed by atoms with Crippen LogP contribution in [0.1, 0.15) is 38.9 Å². The van der Waals surface area contributed by atoms with E-state index in [0.717, 1.165) is 70.4 Å². The SMILES string of the molecule is CCNC(=NCCCOCC)NCCCCn1ccnc1C.I. The molecule has 1 aromatic rings. The first-order chi connectivity index (χ1) is 10.8. The van der Waals surface area contributed by atoms with E-state index < -0.39 is 0 Å². The van der Waals surface area contributed by atoms with Crippen LogP contribution >= 0.6 is 24.0 Å². The summed E-state index contributed by atoms with van der Waals surface area (Å²) in [6.07, 6.45) is 7.09. The Labute approximate surface area is 157 Å². The van der Waals surface area contributed by atoms with E-state index in [9.17, 15) is 0 Å². The van der Waals surface area contributed by atoms with E-state index in [1.807, 2.05) is 26.2 Å². The van der Waals surface area contributed by atoms with Gasteiger partial charge in [0.1, 0.15) is 5.82 Å². The third kappa shape index (κ3) is 10.5. The number of aryl methyl sites for hydroxylation is 2. The van der Waals surface area contributed by atoms with Gasteiger partial charge in [-0.3, -0.25) is 4.99 Å². The molecule has 0 spiro atoms. The number of nitrogens with one attached hydrogen (secondary N) is 2. The third-order valence-corrected chi connectivity index (χ3v) is 3.31. The quantitative estimate of drug-likeness (QED) is 0.242. The Morgan fingerprint density at radius 2 is 2.09 bits per heavy atom. The highest BCUT2D eigenvalue weighted by Gasteiger charge is 1.98. The van der Waals surface area contributed by atoms with Gasteiger partial charge in [-0.05, 0) is 40.0 Å². The number of aromatic nitrogens is 2. The predicted octanol–water partition coefficient (Wildman–Crippen LogP) is 2.57. The number of ether oxygens (including phenoxy) is 1. The standard InChI is InChI=1S/C16H31N5O.HI/c1-4-17-16(20-10-8-14-22-5-2)19-9-6-7-12-21-13-11-18-15(21)3;/h11,13H,4-10,12,14H2,1-3H3,(H2,17,19,20);1H. The van der Waals surface area contributed by atoms with Crippen molar-refractivity contribution in [1.82, 2.24) is 20.2 Å². The molecule has 1 heterocycles. The molecule has 2 N–H and O–H groups in total. The maximum Gasteiger partial charge on any atom is 0.191 e. The van der Waals surface area contributed by atoms with Gasteiger partial charge in [-0.2, -0.15) is 0 Å². The number of halogens is 1. The minimum absolute atomic E-state index is 0. The lowest BCUT2D eigenvalue weighted by molar-refractivity contribution is 0.146. The second kappa shape index (κ2) is 14.7. The number of hydrogen-bond acceptors (Lipinski definition) is 3. The second-order valence-electron chi connectivity index (χ2n) is 5.11. The smallest absolute Gasteiger partial charge is 0.191 e. The molecule has 0 amide bonds. The van der Waals surface area contributed by atoms with Crippen molar-refractivity contribution in [3.63, 3.8) is 0 Å². The molecular formula is C16H32IN5O. The minimum atomic E-state index is 0. The molecule has 0 aliphatic rings. The highest BCUT2D eigenvalue weighted by Crippen LogP contribution is 1.99. The van der Waals surface area contributed by atoms with E-state index >= 15 is 0 Å². The van der Waals surface area contributed by atoms with Crippen LogP contribution < -0.4 is 10.6 Å². The van der Waals surface area contributed by atoms with Gasteiger partial charge < -0.3 is 19.9 Å². The first-order valence-electron chi connectivity index (χ1n) is 8.35. The van der Waals surface area contributed by atoms with Gasteiger partial charge >= 0.3 is 0 Å². The fourth-order valence-corrected chi connectivity index (χ4v) is 2.10. The zero-order valence-electron chi connectivity index (χ0n) is 14.7. The second-order valence-corrected chi connectivity index (χ2v) is 5.11. The molecule has 0 fully saturated rings. The van der Waals surface area contributed by atoms with E-state index in [1.54, 1.807) is 0 Å². The van der Waals surface area contributed by atoms with Gasteiger partial charge in [0.2, 0.25) is 0 Å². The van der Waals surface area contributed by atoms with Crippen molar-refractivity contribution in [2.75, 3.05) is 32.8 Å². The average molecular weight is 437 g/mol. The molecule has 0 unspecified atom stereocenters. The molecule has 6 nitrogen and oxygen atoms in total. The van der Waals surface area contributed by atoms with Crippen molar-refractivity contribution in [2.45, 2.75) is 46.6 Å². The van der Waals surface area contributed by atoms with Gasteiger partial charge in [0.15, 0.2) is 5.96 Å². The Balaban J connectivity index is 0.00000484. The number of imidazole rings is 1. The molecule has 0 aliphatic carbocycles. The molecule has 0 bridgehead atoms. The number of unbranched alkanes of at least 4 members (excludes halogenated alkanes) is 1. The van der Waals surface area contributed by atoms with Crippen LogP contribution in [-0.2, 0) is 11.3 Å². The maximum absolute atomic E-state index is 5.32. The molecule has 0 aromatic carbocycles. The normalized spacial score (nSPS) is 11.2. The third-order valence-electron chi connectivity index (χ3n) is 3.31. The number of nitrogens with zero attached hydrogens (tertiary/aromatic N) is 3. The Morgan fingerprint density at radius 1 is 1.26 bits per heavy atom. The molecule has 23 heavy (non-hydrogen) atoms. The van der Waals surface area contributed by atoms with Crippen molar-refractivity contribution in [2.24, 2.45) is 4.99 Å². The lowest BCUT2D eigenvalue weighted by atomic mass is 10.3. The lowest BCUT2D eigenvalue weighted by Gasteiger charge is -2.11. The van der Waals surface area contributed by atoms with Gasteiger partial charge in [0.05, 0.1) is 0 Å². The van der Waals surface area contributed by atoms with Crippen LogP contribution in [0.4, 0.5) is 0 Å². The molecule has 1 rings (SSSR count). The van der Waals surface area contributed by atoms with Gasteiger partial charge in [-0.15, -0.1) is 24.0 Å². The number of rotatable bonds is 11. The summed E-state index contributed by atoms with van der Waals surface area (Å²) in [5.74, 6) is 1.98. The van der Waals surface area contributed by atoms with Crippen molar-refractivity contribution in [1.29, 1.82) is 0 Å². The number of hydrogen-bond donors (Lipinski definition) is 2. The van der Waals surface area contributed by atoms with E-state index in [4.69, 9.17) is 4.74 Å². The summed E-state index contributed by atoms with van der Waals surface area (Å²) in [4.78, 5) is 8.78.